The summed E-state index contributed by atoms with van der Waals surface area (Å²) in [5, 5.41) is 0. The molecular formula is C26H36N4. The molecule has 0 atom stereocenters. The van der Waals surface area contributed by atoms with E-state index < -0.39 is 0 Å². The Balaban J connectivity index is 1.27. The molecule has 2 heterocycles. The maximum Gasteiger partial charge on any atom is 0.123 e. The number of aryl methyl sites for hydroxylation is 2. The number of imidazole rings is 1. The highest BCUT2D eigenvalue weighted by atomic mass is 15.2. The van der Waals surface area contributed by atoms with E-state index in [1.807, 2.05) is 0 Å². The molecule has 0 saturated carbocycles. The average Bonchev–Trinajstić information content (AvgIpc) is 3.09. The topological polar surface area (TPSA) is 24.3 Å². The quantitative estimate of drug-likeness (QED) is 0.546. The zero-order valence-electron chi connectivity index (χ0n) is 18.8. The summed E-state index contributed by atoms with van der Waals surface area (Å²) in [4.78, 5) is 10.1. The molecule has 1 fully saturated rings. The summed E-state index contributed by atoms with van der Waals surface area (Å²) in [7, 11) is 2.14. The van der Waals surface area contributed by atoms with E-state index in [9.17, 15) is 0 Å². The van der Waals surface area contributed by atoms with Crippen LogP contribution < -0.4 is 0 Å². The largest absolute Gasteiger partial charge is 0.330 e. The number of fused-ring (bicyclic) bond motifs is 1. The van der Waals surface area contributed by atoms with Crippen LogP contribution in [0.4, 0.5) is 0 Å². The molecule has 4 heteroatoms. The van der Waals surface area contributed by atoms with Crippen molar-refractivity contribution in [2.45, 2.75) is 39.7 Å². The molecule has 0 aliphatic carbocycles. The van der Waals surface area contributed by atoms with Crippen molar-refractivity contribution in [1.82, 2.24) is 19.4 Å². The number of benzene rings is 2. The van der Waals surface area contributed by atoms with Crippen molar-refractivity contribution in [3.8, 4) is 0 Å². The van der Waals surface area contributed by atoms with Crippen LogP contribution in [-0.2, 0) is 20.0 Å². The number of rotatable bonds is 8. The van der Waals surface area contributed by atoms with E-state index in [1.54, 1.807) is 0 Å². The summed E-state index contributed by atoms with van der Waals surface area (Å²) >= 11 is 0. The van der Waals surface area contributed by atoms with Gasteiger partial charge < -0.3 is 9.47 Å². The highest BCUT2D eigenvalue weighted by molar-refractivity contribution is 5.75. The third-order valence-electron chi connectivity index (χ3n) is 6.87. The molecule has 2 aromatic carbocycles. The van der Waals surface area contributed by atoms with Gasteiger partial charge in [-0.3, -0.25) is 4.90 Å². The molecule has 4 nitrogen and oxygen atoms in total. The lowest BCUT2D eigenvalue weighted by atomic mass is 9.95. The van der Waals surface area contributed by atoms with Gasteiger partial charge in [-0.1, -0.05) is 43.3 Å². The Labute approximate surface area is 181 Å². The highest BCUT2D eigenvalue weighted by Gasteiger charge is 2.22. The molecule has 0 spiro atoms. The van der Waals surface area contributed by atoms with Crippen LogP contribution in [0, 0.1) is 12.8 Å². The second kappa shape index (κ2) is 9.76. The molecule has 30 heavy (non-hydrogen) atoms. The van der Waals surface area contributed by atoms with Crippen LogP contribution in [0.3, 0.4) is 0 Å². The molecule has 1 aliphatic heterocycles. The summed E-state index contributed by atoms with van der Waals surface area (Å²) in [5.41, 5.74) is 5.26. The third kappa shape index (κ3) is 4.93. The van der Waals surface area contributed by atoms with Crippen molar-refractivity contribution >= 4 is 11.0 Å². The molecule has 1 aliphatic rings. The average molecular weight is 405 g/mol. The van der Waals surface area contributed by atoms with Crippen LogP contribution in [-0.4, -0.2) is 52.1 Å². The predicted molar refractivity (Wildman–Crippen MR) is 126 cm³/mol. The minimum atomic E-state index is 0.800. The van der Waals surface area contributed by atoms with Gasteiger partial charge in [0.05, 0.1) is 17.6 Å². The van der Waals surface area contributed by atoms with Gasteiger partial charge in [0, 0.05) is 20.1 Å². The summed E-state index contributed by atoms with van der Waals surface area (Å²) < 4.78 is 2.26. The molecule has 1 saturated heterocycles. The summed E-state index contributed by atoms with van der Waals surface area (Å²) in [6.45, 7) is 11.4. The molecule has 0 bridgehead atoms. The maximum atomic E-state index is 4.88. The van der Waals surface area contributed by atoms with Crippen LogP contribution in [0.2, 0.25) is 0 Å². The van der Waals surface area contributed by atoms with Gasteiger partial charge in [-0.25, -0.2) is 4.98 Å². The van der Waals surface area contributed by atoms with E-state index in [0.717, 1.165) is 24.5 Å². The lowest BCUT2D eigenvalue weighted by molar-refractivity contribution is 0.142. The minimum Gasteiger partial charge on any atom is -0.330 e. The van der Waals surface area contributed by atoms with Crippen molar-refractivity contribution in [1.29, 1.82) is 0 Å². The lowest BCUT2D eigenvalue weighted by Crippen LogP contribution is -2.39. The molecular weight excluding hydrogens is 368 g/mol. The van der Waals surface area contributed by atoms with E-state index in [2.05, 4.69) is 83.8 Å². The molecule has 0 radical (unpaired) electrons. The van der Waals surface area contributed by atoms with Gasteiger partial charge in [-0.2, -0.15) is 0 Å². The van der Waals surface area contributed by atoms with Gasteiger partial charge >= 0.3 is 0 Å². The normalized spacial score (nSPS) is 16.0. The molecule has 3 aromatic rings. The Kier molecular flexibility index (Phi) is 6.86. The molecule has 0 amide bonds. The fraction of sp³-hybridized carbons (Fsp3) is 0.500. The number of likely N-dealkylation sites (tertiary alicyclic amines) is 1. The fourth-order valence-electron chi connectivity index (χ4n) is 4.77. The van der Waals surface area contributed by atoms with E-state index in [1.165, 1.54) is 67.9 Å². The Hall–Kier alpha value is -2.17. The second-order valence-electron chi connectivity index (χ2n) is 8.86. The third-order valence-corrected chi connectivity index (χ3v) is 6.87. The Bertz CT molecular complexity index is 953. The minimum absolute atomic E-state index is 0.800. The van der Waals surface area contributed by atoms with Crippen molar-refractivity contribution in [2.24, 2.45) is 13.0 Å². The van der Waals surface area contributed by atoms with Gasteiger partial charge in [0.25, 0.3) is 0 Å². The van der Waals surface area contributed by atoms with Gasteiger partial charge in [0.15, 0.2) is 0 Å². The highest BCUT2D eigenvalue weighted by Crippen LogP contribution is 2.21. The summed E-state index contributed by atoms with van der Waals surface area (Å²) in [6, 6.07) is 17.3. The number of hydrogen-bond donors (Lipinski definition) is 0. The van der Waals surface area contributed by atoms with E-state index in [4.69, 9.17) is 4.98 Å². The van der Waals surface area contributed by atoms with Crippen molar-refractivity contribution in [3.05, 3.63) is 65.5 Å². The first kappa shape index (κ1) is 21.1. The Morgan fingerprint density at radius 1 is 1.03 bits per heavy atom. The van der Waals surface area contributed by atoms with E-state index in [-0.39, 0.29) is 0 Å². The zero-order valence-corrected chi connectivity index (χ0v) is 18.8. The summed E-state index contributed by atoms with van der Waals surface area (Å²) in [5.74, 6) is 1.98. The summed E-state index contributed by atoms with van der Waals surface area (Å²) in [6.07, 6.45) is 3.80. The SMILES string of the molecule is CCN(Cc1nc2ccccc2n1C)CC1CCN(CCc2ccccc2C)CC1. The zero-order chi connectivity index (χ0) is 20.9. The number of aromatic nitrogens is 2. The maximum absolute atomic E-state index is 4.88. The molecule has 0 N–H and O–H groups in total. The number of nitrogens with zero attached hydrogens (tertiary/aromatic N) is 4. The first-order valence-electron chi connectivity index (χ1n) is 11.5. The molecule has 1 aromatic heterocycles. The standard InChI is InChI=1S/C26H36N4/c1-4-29(20-26-27-24-11-7-8-12-25(24)28(26)3)19-22-13-16-30(17-14-22)18-15-23-10-6-5-9-21(23)2/h5-12,22H,4,13-20H2,1-3H3. The fourth-order valence-corrected chi connectivity index (χ4v) is 4.77. The first-order valence-corrected chi connectivity index (χ1v) is 11.5. The second-order valence-corrected chi connectivity index (χ2v) is 8.86. The first-order chi connectivity index (χ1) is 14.6. The van der Waals surface area contributed by atoms with E-state index in [0.29, 0.717) is 0 Å². The monoisotopic (exact) mass is 404 g/mol. The van der Waals surface area contributed by atoms with Crippen molar-refractivity contribution in [2.75, 3.05) is 32.7 Å². The number of hydrogen-bond acceptors (Lipinski definition) is 3. The van der Waals surface area contributed by atoms with Gasteiger partial charge in [0.1, 0.15) is 5.82 Å². The van der Waals surface area contributed by atoms with E-state index >= 15 is 0 Å². The molecule has 4 rings (SSSR count). The molecule has 0 unspecified atom stereocenters. The van der Waals surface area contributed by atoms with Crippen molar-refractivity contribution < 1.29 is 0 Å². The predicted octanol–water partition coefficient (Wildman–Crippen LogP) is 4.66. The van der Waals surface area contributed by atoms with Gasteiger partial charge in [-0.05, 0) is 75.0 Å². The van der Waals surface area contributed by atoms with Crippen LogP contribution in [0.5, 0.6) is 0 Å². The van der Waals surface area contributed by atoms with Crippen LogP contribution in [0.25, 0.3) is 11.0 Å². The number of para-hydroxylation sites is 2. The lowest BCUT2D eigenvalue weighted by Gasteiger charge is -2.34. The Morgan fingerprint density at radius 2 is 1.77 bits per heavy atom. The molecule has 160 valence electrons. The van der Waals surface area contributed by atoms with Crippen LogP contribution in [0.15, 0.2) is 48.5 Å². The smallest absolute Gasteiger partial charge is 0.123 e. The Morgan fingerprint density at radius 3 is 2.50 bits per heavy atom. The van der Waals surface area contributed by atoms with Gasteiger partial charge in [-0.15, -0.1) is 0 Å². The number of piperidine rings is 1. The van der Waals surface area contributed by atoms with Crippen molar-refractivity contribution in [3.63, 3.8) is 0 Å². The van der Waals surface area contributed by atoms with Crippen LogP contribution >= 0.6 is 0 Å². The van der Waals surface area contributed by atoms with Gasteiger partial charge in [0.2, 0.25) is 0 Å². The van der Waals surface area contributed by atoms with Crippen LogP contribution in [0.1, 0.15) is 36.7 Å².